The van der Waals surface area contributed by atoms with Crippen LogP contribution in [0.2, 0.25) is 5.02 Å². The number of esters is 1. The third kappa shape index (κ3) is 4.73. The molecule has 0 spiro atoms. The molecule has 0 aromatic heterocycles. The Labute approximate surface area is 145 Å². The van der Waals surface area contributed by atoms with Crippen molar-refractivity contribution >= 4 is 29.2 Å². The standard InChI is InChI=1S/C18H18ClNO4/c1-11-15(19)4-3-5-16(11)20-18(23)12(2)24-17(22)10-13-6-8-14(21)9-7-13/h3-9,12,21H,10H2,1-2H3,(H,20,23)/t12-/m1/s1. The molecule has 0 fully saturated rings. The van der Waals surface area contributed by atoms with Gasteiger partial charge in [0.2, 0.25) is 0 Å². The van der Waals surface area contributed by atoms with Gasteiger partial charge in [-0.2, -0.15) is 0 Å². The molecule has 2 rings (SSSR count). The van der Waals surface area contributed by atoms with Crippen LogP contribution in [0.5, 0.6) is 5.75 Å². The Morgan fingerprint density at radius 1 is 1.21 bits per heavy atom. The molecule has 2 aromatic carbocycles. The van der Waals surface area contributed by atoms with Crippen molar-refractivity contribution in [3.8, 4) is 5.75 Å². The number of hydrogen-bond donors (Lipinski definition) is 2. The first kappa shape index (κ1) is 17.8. The molecule has 0 aliphatic heterocycles. The number of anilines is 1. The van der Waals surface area contributed by atoms with Crippen LogP contribution in [0.1, 0.15) is 18.1 Å². The lowest BCUT2D eigenvalue weighted by Gasteiger charge is -2.15. The van der Waals surface area contributed by atoms with Crippen LogP contribution in [-0.2, 0) is 20.7 Å². The van der Waals surface area contributed by atoms with Gasteiger partial charge in [0, 0.05) is 10.7 Å². The van der Waals surface area contributed by atoms with E-state index >= 15 is 0 Å². The summed E-state index contributed by atoms with van der Waals surface area (Å²) in [5.41, 5.74) is 2.01. The average Bonchev–Trinajstić information content (AvgIpc) is 2.54. The van der Waals surface area contributed by atoms with E-state index in [1.54, 1.807) is 37.3 Å². The summed E-state index contributed by atoms with van der Waals surface area (Å²) in [6, 6.07) is 11.4. The van der Waals surface area contributed by atoms with Gasteiger partial charge in [0.15, 0.2) is 6.10 Å². The van der Waals surface area contributed by atoms with Gasteiger partial charge < -0.3 is 15.2 Å². The minimum atomic E-state index is -0.937. The van der Waals surface area contributed by atoms with E-state index in [0.717, 1.165) is 5.56 Å². The maximum Gasteiger partial charge on any atom is 0.311 e. The van der Waals surface area contributed by atoms with E-state index in [9.17, 15) is 14.7 Å². The molecule has 2 aromatic rings. The van der Waals surface area contributed by atoms with E-state index in [0.29, 0.717) is 16.3 Å². The summed E-state index contributed by atoms with van der Waals surface area (Å²) in [6.07, 6.45) is -0.915. The van der Waals surface area contributed by atoms with Crippen LogP contribution in [0.25, 0.3) is 0 Å². The van der Waals surface area contributed by atoms with Crippen molar-refractivity contribution in [3.63, 3.8) is 0 Å². The summed E-state index contributed by atoms with van der Waals surface area (Å²) in [5, 5.41) is 12.5. The first-order chi connectivity index (χ1) is 11.4. The highest BCUT2D eigenvalue weighted by molar-refractivity contribution is 6.31. The smallest absolute Gasteiger partial charge is 0.311 e. The van der Waals surface area contributed by atoms with E-state index in [4.69, 9.17) is 16.3 Å². The second-order valence-corrected chi connectivity index (χ2v) is 5.78. The topological polar surface area (TPSA) is 75.6 Å². The molecule has 0 unspecified atom stereocenters. The van der Waals surface area contributed by atoms with Crippen LogP contribution in [0, 0.1) is 6.92 Å². The Morgan fingerprint density at radius 3 is 2.54 bits per heavy atom. The molecule has 0 aliphatic carbocycles. The predicted molar refractivity (Wildman–Crippen MR) is 92.2 cm³/mol. The van der Waals surface area contributed by atoms with Crippen molar-refractivity contribution in [2.75, 3.05) is 5.32 Å². The zero-order valence-electron chi connectivity index (χ0n) is 13.4. The molecule has 2 N–H and O–H groups in total. The van der Waals surface area contributed by atoms with Gasteiger partial charge in [0.1, 0.15) is 5.75 Å². The fraction of sp³-hybridized carbons (Fsp3) is 0.222. The summed E-state index contributed by atoms with van der Waals surface area (Å²) in [6.45, 7) is 3.30. The number of phenolic OH excluding ortho intramolecular Hbond substituents is 1. The van der Waals surface area contributed by atoms with Gasteiger partial charge in [0.25, 0.3) is 5.91 Å². The van der Waals surface area contributed by atoms with Crippen LogP contribution < -0.4 is 5.32 Å². The molecule has 0 radical (unpaired) electrons. The molecule has 1 amide bonds. The summed E-state index contributed by atoms with van der Waals surface area (Å²) >= 11 is 6.01. The molecule has 126 valence electrons. The third-order valence-corrected chi connectivity index (χ3v) is 3.90. The Bertz CT molecular complexity index is 743. The van der Waals surface area contributed by atoms with E-state index in [1.165, 1.54) is 19.1 Å². The van der Waals surface area contributed by atoms with E-state index in [-0.39, 0.29) is 12.2 Å². The molecular weight excluding hydrogens is 330 g/mol. The molecule has 0 saturated heterocycles. The largest absolute Gasteiger partial charge is 0.508 e. The average molecular weight is 348 g/mol. The highest BCUT2D eigenvalue weighted by atomic mass is 35.5. The lowest BCUT2D eigenvalue weighted by atomic mass is 10.1. The van der Waals surface area contributed by atoms with Gasteiger partial charge in [0.05, 0.1) is 6.42 Å². The monoisotopic (exact) mass is 347 g/mol. The fourth-order valence-corrected chi connectivity index (χ4v) is 2.22. The fourth-order valence-electron chi connectivity index (χ4n) is 2.05. The third-order valence-electron chi connectivity index (χ3n) is 3.49. The van der Waals surface area contributed by atoms with E-state index < -0.39 is 18.0 Å². The molecule has 0 saturated carbocycles. The van der Waals surface area contributed by atoms with Crippen LogP contribution in [0.4, 0.5) is 5.69 Å². The van der Waals surface area contributed by atoms with Crippen molar-refractivity contribution in [2.45, 2.75) is 26.4 Å². The van der Waals surface area contributed by atoms with Gasteiger partial charge in [-0.15, -0.1) is 0 Å². The molecule has 6 heteroatoms. The summed E-state index contributed by atoms with van der Waals surface area (Å²) in [7, 11) is 0. The maximum absolute atomic E-state index is 12.1. The molecule has 0 heterocycles. The summed E-state index contributed by atoms with van der Waals surface area (Å²) in [5.74, 6) is -0.831. The number of nitrogens with one attached hydrogen (secondary N) is 1. The zero-order chi connectivity index (χ0) is 17.7. The molecular formula is C18H18ClNO4. The number of hydrogen-bond acceptors (Lipinski definition) is 4. The van der Waals surface area contributed by atoms with Crippen molar-refractivity contribution in [2.24, 2.45) is 0 Å². The molecule has 24 heavy (non-hydrogen) atoms. The van der Waals surface area contributed by atoms with Gasteiger partial charge >= 0.3 is 5.97 Å². The minimum Gasteiger partial charge on any atom is -0.508 e. The molecule has 5 nitrogen and oxygen atoms in total. The second-order valence-electron chi connectivity index (χ2n) is 5.38. The van der Waals surface area contributed by atoms with Gasteiger partial charge in [-0.25, -0.2) is 0 Å². The number of ether oxygens (including phenoxy) is 1. The van der Waals surface area contributed by atoms with Crippen molar-refractivity contribution in [1.29, 1.82) is 0 Å². The van der Waals surface area contributed by atoms with Crippen LogP contribution in [0.3, 0.4) is 0 Å². The number of carbonyl (C=O) groups is 2. The van der Waals surface area contributed by atoms with Crippen molar-refractivity contribution in [3.05, 3.63) is 58.6 Å². The normalized spacial score (nSPS) is 11.6. The molecule has 0 bridgehead atoms. The Hall–Kier alpha value is -2.53. The number of aromatic hydroxyl groups is 1. The van der Waals surface area contributed by atoms with E-state index in [2.05, 4.69) is 5.32 Å². The van der Waals surface area contributed by atoms with Crippen molar-refractivity contribution in [1.82, 2.24) is 0 Å². The van der Waals surface area contributed by atoms with Gasteiger partial charge in [-0.05, 0) is 49.2 Å². The number of rotatable bonds is 5. The van der Waals surface area contributed by atoms with E-state index in [1.807, 2.05) is 0 Å². The molecule has 1 atom stereocenters. The van der Waals surface area contributed by atoms with Gasteiger partial charge in [-0.3, -0.25) is 9.59 Å². The quantitative estimate of drug-likeness (QED) is 0.812. The number of carbonyl (C=O) groups excluding carboxylic acids is 2. The number of amides is 1. The Kier molecular flexibility index (Phi) is 5.82. The van der Waals surface area contributed by atoms with Crippen molar-refractivity contribution < 1.29 is 19.4 Å². The predicted octanol–water partition coefficient (Wildman–Crippen LogP) is 3.47. The SMILES string of the molecule is Cc1c(Cl)cccc1NC(=O)[C@@H](C)OC(=O)Cc1ccc(O)cc1. The maximum atomic E-state index is 12.1. The highest BCUT2D eigenvalue weighted by Crippen LogP contribution is 2.23. The Balaban J connectivity index is 1.92. The number of halogens is 1. The van der Waals surface area contributed by atoms with Crippen LogP contribution in [-0.4, -0.2) is 23.1 Å². The Morgan fingerprint density at radius 2 is 1.88 bits per heavy atom. The summed E-state index contributed by atoms with van der Waals surface area (Å²) < 4.78 is 5.14. The zero-order valence-corrected chi connectivity index (χ0v) is 14.1. The van der Waals surface area contributed by atoms with Crippen LogP contribution >= 0.6 is 11.6 Å². The summed E-state index contributed by atoms with van der Waals surface area (Å²) in [4.78, 5) is 24.0. The number of phenols is 1. The first-order valence-corrected chi connectivity index (χ1v) is 7.78. The lowest BCUT2D eigenvalue weighted by molar-refractivity contribution is -0.152. The second kappa shape index (κ2) is 7.84. The van der Waals surface area contributed by atoms with Gasteiger partial charge in [-0.1, -0.05) is 29.8 Å². The highest BCUT2D eigenvalue weighted by Gasteiger charge is 2.19. The van der Waals surface area contributed by atoms with Crippen LogP contribution in [0.15, 0.2) is 42.5 Å². The molecule has 0 aliphatic rings. The lowest BCUT2D eigenvalue weighted by Crippen LogP contribution is -2.30. The number of benzene rings is 2. The minimum absolute atomic E-state index is 0.0219. The first-order valence-electron chi connectivity index (χ1n) is 7.40.